The minimum atomic E-state index is -0.281. The molecule has 1 N–H and O–H groups in total. The average molecular weight is 270 g/mol. The zero-order valence-electron chi connectivity index (χ0n) is 12.9. The van der Waals surface area contributed by atoms with Crippen LogP contribution in [0.1, 0.15) is 20.8 Å². The van der Waals surface area contributed by atoms with Crippen LogP contribution in [-0.4, -0.2) is 79.0 Å². The van der Waals surface area contributed by atoms with Crippen LogP contribution in [0.5, 0.6) is 0 Å². The third-order valence-corrected chi connectivity index (χ3v) is 3.10. The molecular formula is C13H26N4O2. The summed E-state index contributed by atoms with van der Waals surface area (Å²) in [6.45, 7) is 7.67. The van der Waals surface area contributed by atoms with Crippen LogP contribution in [0.3, 0.4) is 0 Å². The van der Waals surface area contributed by atoms with E-state index in [9.17, 15) is 9.59 Å². The quantitative estimate of drug-likeness (QED) is 0.740. The molecule has 0 aromatic heterocycles. The highest BCUT2D eigenvalue weighted by Gasteiger charge is 2.33. The number of hydrogen-bond donors (Lipinski definition) is 1. The molecule has 1 aliphatic heterocycles. The van der Waals surface area contributed by atoms with E-state index < -0.39 is 0 Å². The lowest BCUT2D eigenvalue weighted by Gasteiger charge is -2.40. The number of amides is 3. The van der Waals surface area contributed by atoms with Gasteiger partial charge in [0.1, 0.15) is 6.04 Å². The van der Waals surface area contributed by atoms with Crippen molar-refractivity contribution in [1.29, 1.82) is 0 Å². The molecule has 1 saturated heterocycles. The van der Waals surface area contributed by atoms with Gasteiger partial charge in [-0.25, -0.2) is 4.79 Å². The number of nitrogens with one attached hydrogen (secondary N) is 1. The Hall–Kier alpha value is -1.30. The third kappa shape index (κ3) is 4.38. The summed E-state index contributed by atoms with van der Waals surface area (Å²) in [6.07, 6.45) is 0. The number of piperazine rings is 1. The number of hydrogen-bond acceptors (Lipinski definition) is 3. The molecule has 6 nitrogen and oxygen atoms in total. The summed E-state index contributed by atoms with van der Waals surface area (Å²) in [7, 11) is 5.38. The molecule has 3 amide bonds. The molecule has 0 aromatic rings. The molecule has 1 heterocycles. The molecule has 0 aromatic carbocycles. The Morgan fingerprint density at radius 2 is 1.79 bits per heavy atom. The Kier molecular flexibility index (Phi) is 4.79. The van der Waals surface area contributed by atoms with E-state index >= 15 is 0 Å². The fraction of sp³-hybridized carbons (Fsp3) is 0.846. The van der Waals surface area contributed by atoms with Crippen molar-refractivity contribution in [3.8, 4) is 0 Å². The van der Waals surface area contributed by atoms with Gasteiger partial charge in [-0.15, -0.1) is 0 Å². The standard InChI is InChI=1S/C13H26N4O2/c1-13(2,3)14-11(18)10-9-17(8-7-16(10)6)12(19)15(4)5/h10H,7-9H2,1-6H3,(H,14,18)/t10-/m0/s1. The fourth-order valence-electron chi connectivity index (χ4n) is 2.07. The lowest BCUT2D eigenvalue weighted by molar-refractivity contribution is -0.129. The molecule has 0 saturated carbocycles. The summed E-state index contributed by atoms with van der Waals surface area (Å²) in [5.41, 5.74) is -0.258. The van der Waals surface area contributed by atoms with Crippen molar-refractivity contribution >= 4 is 11.9 Å². The highest BCUT2D eigenvalue weighted by molar-refractivity contribution is 5.84. The van der Waals surface area contributed by atoms with Crippen LogP contribution in [0, 0.1) is 0 Å². The third-order valence-electron chi connectivity index (χ3n) is 3.10. The largest absolute Gasteiger partial charge is 0.350 e. The van der Waals surface area contributed by atoms with E-state index in [1.54, 1.807) is 23.9 Å². The number of carbonyl (C=O) groups excluding carboxylic acids is 2. The minimum absolute atomic E-state index is 0.0220. The molecular weight excluding hydrogens is 244 g/mol. The first-order valence-electron chi connectivity index (χ1n) is 6.60. The van der Waals surface area contributed by atoms with Crippen molar-refractivity contribution < 1.29 is 9.59 Å². The molecule has 1 fully saturated rings. The Morgan fingerprint density at radius 3 is 2.26 bits per heavy atom. The Morgan fingerprint density at radius 1 is 1.21 bits per heavy atom. The van der Waals surface area contributed by atoms with Gasteiger partial charge in [0.25, 0.3) is 0 Å². The molecule has 19 heavy (non-hydrogen) atoms. The highest BCUT2D eigenvalue weighted by atomic mass is 16.2. The summed E-state index contributed by atoms with van der Waals surface area (Å²) < 4.78 is 0. The van der Waals surface area contributed by atoms with Crippen LogP contribution in [0.2, 0.25) is 0 Å². The first-order chi connectivity index (χ1) is 8.61. The van der Waals surface area contributed by atoms with Crippen LogP contribution >= 0.6 is 0 Å². The highest BCUT2D eigenvalue weighted by Crippen LogP contribution is 2.11. The zero-order valence-corrected chi connectivity index (χ0v) is 12.9. The molecule has 1 rings (SSSR count). The predicted octanol–water partition coefficient (Wildman–Crippen LogP) is 0.199. The summed E-state index contributed by atoms with van der Waals surface area (Å²) >= 11 is 0. The van der Waals surface area contributed by atoms with Crippen molar-refractivity contribution in [2.45, 2.75) is 32.4 Å². The van der Waals surface area contributed by atoms with E-state index in [2.05, 4.69) is 5.32 Å². The molecule has 0 bridgehead atoms. The van der Waals surface area contributed by atoms with Crippen molar-refractivity contribution in [1.82, 2.24) is 20.0 Å². The van der Waals surface area contributed by atoms with E-state index in [-0.39, 0.29) is 23.5 Å². The van der Waals surface area contributed by atoms with Gasteiger partial charge in [0.05, 0.1) is 0 Å². The van der Waals surface area contributed by atoms with Gasteiger partial charge in [-0.2, -0.15) is 0 Å². The van der Waals surface area contributed by atoms with Crippen molar-refractivity contribution in [3.05, 3.63) is 0 Å². The van der Waals surface area contributed by atoms with Gasteiger partial charge >= 0.3 is 6.03 Å². The second-order valence-electron chi connectivity index (χ2n) is 6.36. The van der Waals surface area contributed by atoms with E-state index in [0.29, 0.717) is 19.6 Å². The maximum absolute atomic E-state index is 12.3. The van der Waals surface area contributed by atoms with Gasteiger partial charge in [0, 0.05) is 39.3 Å². The van der Waals surface area contributed by atoms with Crippen molar-refractivity contribution in [2.75, 3.05) is 40.8 Å². The van der Waals surface area contributed by atoms with Gasteiger partial charge in [-0.1, -0.05) is 0 Å². The summed E-state index contributed by atoms with van der Waals surface area (Å²) in [4.78, 5) is 29.5. The SMILES string of the molecule is CN(C)C(=O)N1CCN(C)[C@H](C(=O)NC(C)(C)C)C1. The van der Waals surface area contributed by atoms with Crippen molar-refractivity contribution in [2.24, 2.45) is 0 Å². The predicted molar refractivity (Wildman–Crippen MR) is 75.0 cm³/mol. The smallest absolute Gasteiger partial charge is 0.319 e. The fourth-order valence-corrected chi connectivity index (χ4v) is 2.07. The minimum Gasteiger partial charge on any atom is -0.350 e. The van der Waals surface area contributed by atoms with Crippen LogP contribution in [0.25, 0.3) is 0 Å². The lowest BCUT2D eigenvalue weighted by atomic mass is 10.1. The maximum Gasteiger partial charge on any atom is 0.319 e. The van der Waals surface area contributed by atoms with Crippen LogP contribution in [0.15, 0.2) is 0 Å². The van der Waals surface area contributed by atoms with Gasteiger partial charge in [0.15, 0.2) is 0 Å². The summed E-state index contributed by atoms with van der Waals surface area (Å²) in [5, 5.41) is 2.98. The van der Waals surface area contributed by atoms with Gasteiger partial charge in [-0.05, 0) is 27.8 Å². The zero-order chi connectivity index (χ0) is 14.8. The van der Waals surface area contributed by atoms with Crippen LogP contribution in [0.4, 0.5) is 4.79 Å². The van der Waals surface area contributed by atoms with E-state index in [1.165, 1.54) is 0 Å². The van der Waals surface area contributed by atoms with Gasteiger partial charge < -0.3 is 15.1 Å². The number of carbonyl (C=O) groups is 2. The number of rotatable bonds is 1. The van der Waals surface area contributed by atoms with Gasteiger partial charge in [0.2, 0.25) is 5.91 Å². The van der Waals surface area contributed by atoms with E-state index in [0.717, 1.165) is 0 Å². The van der Waals surface area contributed by atoms with Crippen LogP contribution < -0.4 is 5.32 Å². The molecule has 0 aliphatic carbocycles. The molecule has 0 radical (unpaired) electrons. The van der Waals surface area contributed by atoms with Crippen molar-refractivity contribution in [3.63, 3.8) is 0 Å². The molecule has 6 heteroatoms. The Labute approximate surface area is 115 Å². The first kappa shape index (κ1) is 15.8. The molecule has 110 valence electrons. The second kappa shape index (κ2) is 5.77. The normalized spacial score (nSPS) is 21.2. The molecule has 1 aliphatic rings. The average Bonchev–Trinajstić information content (AvgIpc) is 2.26. The number of likely N-dealkylation sites (N-methyl/N-ethyl adjacent to an activating group) is 1. The summed E-state index contributed by atoms with van der Waals surface area (Å²) in [5.74, 6) is -0.0220. The van der Waals surface area contributed by atoms with Gasteiger partial charge in [-0.3, -0.25) is 9.69 Å². The molecule has 0 unspecified atom stereocenters. The monoisotopic (exact) mass is 270 g/mol. The van der Waals surface area contributed by atoms with E-state index in [4.69, 9.17) is 0 Å². The Balaban J connectivity index is 2.71. The lowest BCUT2D eigenvalue weighted by Crippen LogP contribution is -2.61. The molecule has 0 spiro atoms. The maximum atomic E-state index is 12.3. The van der Waals surface area contributed by atoms with E-state index in [1.807, 2.05) is 32.7 Å². The molecule has 1 atom stereocenters. The number of nitrogens with zero attached hydrogens (tertiary/aromatic N) is 3. The summed E-state index contributed by atoms with van der Waals surface area (Å²) in [6, 6.07) is -0.321. The topological polar surface area (TPSA) is 55.9 Å². The Bertz CT molecular complexity index is 349. The number of urea groups is 1. The second-order valence-corrected chi connectivity index (χ2v) is 6.36. The van der Waals surface area contributed by atoms with Crippen LogP contribution in [-0.2, 0) is 4.79 Å². The first-order valence-corrected chi connectivity index (χ1v) is 6.60.